The maximum Gasteiger partial charge on any atom is 0.259 e. The monoisotopic (exact) mass is 319 g/mol. The van der Waals surface area contributed by atoms with E-state index in [0.717, 1.165) is 0 Å². The maximum absolute atomic E-state index is 13.3. The number of rotatable bonds is 6. The van der Waals surface area contributed by atoms with Crippen LogP contribution in [0.1, 0.15) is 17.3 Å². The lowest BCUT2D eigenvalue weighted by atomic mass is 10.1. The lowest BCUT2D eigenvalue weighted by molar-refractivity contribution is 0.102. The fourth-order valence-electron chi connectivity index (χ4n) is 2.05. The highest BCUT2D eigenvalue weighted by molar-refractivity contribution is 6.07. The van der Waals surface area contributed by atoms with Crippen LogP contribution in [0.5, 0.6) is 17.2 Å². The van der Waals surface area contributed by atoms with Crippen LogP contribution in [0.2, 0.25) is 0 Å². The van der Waals surface area contributed by atoms with Gasteiger partial charge in [-0.15, -0.1) is 0 Å². The van der Waals surface area contributed by atoms with Crippen molar-refractivity contribution in [2.45, 2.75) is 6.92 Å². The van der Waals surface area contributed by atoms with Gasteiger partial charge in [0.15, 0.2) is 0 Å². The molecule has 6 heteroatoms. The standard InChI is InChI=1S/C17H18FNO4/c1-4-23-16-9-11(18)5-8-14(16)19-17(20)13-7-6-12(21-2)10-15(13)22-3/h5-10H,4H2,1-3H3,(H,19,20). The van der Waals surface area contributed by atoms with Crippen LogP contribution < -0.4 is 19.5 Å². The molecule has 0 saturated heterocycles. The molecule has 0 aromatic heterocycles. The van der Waals surface area contributed by atoms with Gasteiger partial charge < -0.3 is 19.5 Å². The smallest absolute Gasteiger partial charge is 0.259 e. The van der Waals surface area contributed by atoms with Crippen LogP contribution in [-0.4, -0.2) is 26.7 Å². The number of hydrogen-bond acceptors (Lipinski definition) is 4. The fraction of sp³-hybridized carbons (Fsp3) is 0.235. The van der Waals surface area contributed by atoms with E-state index in [1.807, 2.05) is 0 Å². The average molecular weight is 319 g/mol. The SMILES string of the molecule is CCOc1cc(F)ccc1NC(=O)c1ccc(OC)cc1OC. The van der Waals surface area contributed by atoms with Crippen molar-refractivity contribution >= 4 is 11.6 Å². The summed E-state index contributed by atoms with van der Waals surface area (Å²) in [5, 5.41) is 2.70. The zero-order chi connectivity index (χ0) is 16.8. The van der Waals surface area contributed by atoms with Crippen molar-refractivity contribution in [3.05, 3.63) is 47.8 Å². The lowest BCUT2D eigenvalue weighted by Crippen LogP contribution is -2.14. The van der Waals surface area contributed by atoms with Gasteiger partial charge in [-0.25, -0.2) is 4.39 Å². The Hall–Kier alpha value is -2.76. The number of anilines is 1. The van der Waals surface area contributed by atoms with Gasteiger partial charge in [0.25, 0.3) is 5.91 Å². The Bertz CT molecular complexity index is 703. The summed E-state index contributed by atoms with van der Waals surface area (Å²) in [4.78, 5) is 12.5. The Morgan fingerprint density at radius 2 is 1.87 bits per heavy atom. The van der Waals surface area contributed by atoms with Crippen molar-refractivity contribution in [1.29, 1.82) is 0 Å². The van der Waals surface area contributed by atoms with Crippen LogP contribution in [0.25, 0.3) is 0 Å². The Kier molecular flexibility index (Phi) is 5.41. The minimum atomic E-state index is -0.437. The number of hydrogen-bond donors (Lipinski definition) is 1. The van der Waals surface area contributed by atoms with Crippen molar-refractivity contribution in [2.24, 2.45) is 0 Å². The third kappa shape index (κ3) is 3.91. The second-order valence-corrected chi connectivity index (χ2v) is 4.59. The molecule has 122 valence electrons. The molecule has 0 radical (unpaired) electrons. The van der Waals surface area contributed by atoms with Crippen LogP contribution in [0.4, 0.5) is 10.1 Å². The van der Waals surface area contributed by atoms with Gasteiger partial charge in [0.1, 0.15) is 23.1 Å². The summed E-state index contributed by atoms with van der Waals surface area (Å²) in [6, 6.07) is 8.80. The molecule has 1 N–H and O–H groups in total. The number of carbonyl (C=O) groups excluding carboxylic acids is 1. The predicted molar refractivity (Wildman–Crippen MR) is 85.1 cm³/mol. The first-order chi connectivity index (χ1) is 11.1. The summed E-state index contributed by atoms with van der Waals surface area (Å²) in [5.74, 6) is 0.399. The van der Waals surface area contributed by atoms with Gasteiger partial charge >= 0.3 is 0 Å². The van der Waals surface area contributed by atoms with Gasteiger partial charge in [0.05, 0.1) is 32.1 Å². The van der Waals surface area contributed by atoms with Crippen LogP contribution in [-0.2, 0) is 0 Å². The van der Waals surface area contributed by atoms with Gasteiger partial charge in [0, 0.05) is 12.1 Å². The summed E-state index contributed by atoms with van der Waals surface area (Å²) in [7, 11) is 3.00. The first kappa shape index (κ1) is 16.6. The van der Waals surface area contributed by atoms with Crippen molar-refractivity contribution in [3.8, 4) is 17.2 Å². The minimum absolute atomic E-state index is 0.272. The molecule has 0 saturated carbocycles. The summed E-state index contributed by atoms with van der Waals surface area (Å²) < 4.78 is 29.0. The van der Waals surface area contributed by atoms with E-state index in [9.17, 15) is 9.18 Å². The number of ether oxygens (including phenoxy) is 3. The number of benzene rings is 2. The highest BCUT2D eigenvalue weighted by Crippen LogP contribution is 2.29. The molecular weight excluding hydrogens is 301 g/mol. The minimum Gasteiger partial charge on any atom is -0.497 e. The number of methoxy groups -OCH3 is 2. The molecular formula is C17H18FNO4. The largest absolute Gasteiger partial charge is 0.497 e. The van der Waals surface area contributed by atoms with Crippen LogP contribution in [0.15, 0.2) is 36.4 Å². The molecule has 0 atom stereocenters. The first-order valence-corrected chi connectivity index (χ1v) is 7.04. The third-order valence-corrected chi connectivity index (χ3v) is 3.15. The Morgan fingerprint density at radius 1 is 1.09 bits per heavy atom. The average Bonchev–Trinajstić information content (AvgIpc) is 2.56. The van der Waals surface area contributed by atoms with Crippen molar-refractivity contribution in [1.82, 2.24) is 0 Å². The Morgan fingerprint density at radius 3 is 2.52 bits per heavy atom. The van der Waals surface area contributed by atoms with Gasteiger partial charge in [-0.05, 0) is 31.2 Å². The lowest BCUT2D eigenvalue weighted by Gasteiger charge is -2.13. The summed E-state index contributed by atoms with van der Waals surface area (Å²) in [5.41, 5.74) is 0.719. The molecule has 0 fully saturated rings. The molecule has 0 aliphatic heterocycles. The molecule has 5 nitrogen and oxygen atoms in total. The van der Waals surface area contributed by atoms with Crippen molar-refractivity contribution in [2.75, 3.05) is 26.1 Å². The highest BCUT2D eigenvalue weighted by Gasteiger charge is 2.16. The van der Waals surface area contributed by atoms with E-state index in [4.69, 9.17) is 14.2 Å². The second kappa shape index (κ2) is 7.49. The van der Waals surface area contributed by atoms with E-state index in [2.05, 4.69) is 5.32 Å². The molecule has 0 aliphatic rings. The van der Waals surface area contributed by atoms with E-state index in [-0.39, 0.29) is 5.75 Å². The zero-order valence-corrected chi connectivity index (χ0v) is 13.2. The number of nitrogens with one attached hydrogen (secondary N) is 1. The van der Waals surface area contributed by atoms with Crippen LogP contribution in [0.3, 0.4) is 0 Å². The van der Waals surface area contributed by atoms with Gasteiger partial charge in [-0.2, -0.15) is 0 Å². The van der Waals surface area contributed by atoms with E-state index < -0.39 is 11.7 Å². The van der Waals surface area contributed by atoms with E-state index in [1.54, 1.807) is 25.1 Å². The van der Waals surface area contributed by atoms with Crippen LogP contribution in [0, 0.1) is 5.82 Å². The molecule has 0 aliphatic carbocycles. The molecule has 0 unspecified atom stereocenters. The van der Waals surface area contributed by atoms with E-state index in [1.165, 1.54) is 32.4 Å². The molecule has 23 heavy (non-hydrogen) atoms. The molecule has 1 amide bonds. The normalized spacial score (nSPS) is 10.1. The van der Waals surface area contributed by atoms with Crippen molar-refractivity contribution in [3.63, 3.8) is 0 Å². The molecule has 2 rings (SSSR count). The summed E-state index contributed by atoms with van der Waals surface area (Å²) >= 11 is 0. The summed E-state index contributed by atoms with van der Waals surface area (Å²) in [6.45, 7) is 2.14. The molecule has 2 aromatic rings. The van der Waals surface area contributed by atoms with Crippen molar-refractivity contribution < 1.29 is 23.4 Å². The van der Waals surface area contributed by atoms with Gasteiger partial charge in [-0.1, -0.05) is 0 Å². The number of halogens is 1. The third-order valence-electron chi connectivity index (χ3n) is 3.15. The quantitative estimate of drug-likeness (QED) is 0.885. The molecule has 0 heterocycles. The van der Waals surface area contributed by atoms with Gasteiger partial charge in [0.2, 0.25) is 0 Å². The number of amides is 1. The van der Waals surface area contributed by atoms with E-state index in [0.29, 0.717) is 29.4 Å². The fourth-order valence-corrected chi connectivity index (χ4v) is 2.05. The zero-order valence-electron chi connectivity index (χ0n) is 13.2. The van der Waals surface area contributed by atoms with Crippen LogP contribution >= 0.6 is 0 Å². The Balaban J connectivity index is 2.29. The van der Waals surface area contributed by atoms with Gasteiger partial charge in [-0.3, -0.25) is 4.79 Å². The second-order valence-electron chi connectivity index (χ2n) is 4.59. The molecule has 0 spiro atoms. The highest BCUT2D eigenvalue weighted by atomic mass is 19.1. The van der Waals surface area contributed by atoms with E-state index >= 15 is 0 Å². The first-order valence-electron chi connectivity index (χ1n) is 7.04. The predicted octanol–water partition coefficient (Wildman–Crippen LogP) is 3.49. The topological polar surface area (TPSA) is 56.8 Å². The summed E-state index contributed by atoms with van der Waals surface area (Å²) in [6.07, 6.45) is 0. The number of carbonyl (C=O) groups is 1. The molecule has 0 bridgehead atoms. The Labute approximate surface area is 134 Å². The maximum atomic E-state index is 13.3. The molecule has 2 aromatic carbocycles.